The van der Waals surface area contributed by atoms with Crippen LogP contribution in [0, 0.1) is 0 Å². The first-order valence-corrected chi connectivity index (χ1v) is 7.96. The molecule has 0 aromatic heterocycles. The summed E-state index contributed by atoms with van der Waals surface area (Å²) in [5, 5.41) is 15.9. The van der Waals surface area contributed by atoms with Gasteiger partial charge in [-0.25, -0.2) is 0 Å². The van der Waals surface area contributed by atoms with E-state index in [9.17, 15) is 14.7 Å². The maximum atomic E-state index is 12.6. The summed E-state index contributed by atoms with van der Waals surface area (Å²) in [5.74, 6) is -1.20. The van der Waals surface area contributed by atoms with Crippen LogP contribution in [0.1, 0.15) is 45.6 Å². The average molecular weight is 328 g/mol. The number of aliphatic hydroxyl groups excluding tert-OH is 1. The summed E-state index contributed by atoms with van der Waals surface area (Å²) in [4.78, 5) is 24.8. The second kappa shape index (κ2) is 6.51. The van der Waals surface area contributed by atoms with E-state index in [1.165, 1.54) is 0 Å². The molecule has 1 aromatic rings. The van der Waals surface area contributed by atoms with Crippen molar-refractivity contribution in [2.75, 3.05) is 5.32 Å². The van der Waals surface area contributed by atoms with E-state index in [0.29, 0.717) is 12.1 Å². The zero-order chi connectivity index (χ0) is 18.1. The predicted molar refractivity (Wildman–Crippen MR) is 94.8 cm³/mol. The Hall–Kier alpha value is -2.56. The lowest BCUT2D eigenvalue weighted by Gasteiger charge is -2.24. The van der Waals surface area contributed by atoms with Gasteiger partial charge < -0.3 is 15.7 Å². The van der Waals surface area contributed by atoms with Crippen LogP contribution in [-0.2, 0) is 9.59 Å². The van der Waals surface area contributed by atoms with Crippen molar-refractivity contribution in [3.05, 3.63) is 53.3 Å². The van der Waals surface area contributed by atoms with E-state index in [1.54, 1.807) is 13.0 Å². The quantitative estimate of drug-likeness (QED) is 0.572. The van der Waals surface area contributed by atoms with Gasteiger partial charge in [0.1, 0.15) is 11.3 Å². The van der Waals surface area contributed by atoms with Crippen molar-refractivity contribution in [1.29, 1.82) is 0 Å². The van der Waals surface area contributed by atoms with Crippen LogP contribution in [0.2, 0.25) is 0 Å². The molecule has 1 heterocycles. The number of benzene rings is 1. The van der Waals surface area contributed by atoms with Crippen molar-refractivity contribution in [1.82, 2.24) is 5.32 Å². The topological polar surface area (TPSA) is 78.4 Å². The Morgan fingerprint density at radius 3 is 2.58 bits per heavy atom. The molecule has 0 aliphatic carbocycles. The molecule has 0 bridgehead atoms. The van der Waals surface area contributed by atoms with Gasteiger partial charge >= 0.3 is 0 Å². The molecule has 1 aromatic carbocycles. The van der Waals surface area contributed by atoms with Gasteiger partial charge in [-0.3, -0.25) is 9.59 Å². The smallest absolute Gasteiger partial charge is 0.264 e. The molecule has 24 heavy (non-hydrogen) atoms. The van der Waals surface area contributed by atoms with E-state index >= 15 is 0 Å². The number of para-hydroxylation sites is 1. The Labute approximate surface area is 142 Å². The number of anilines is 1. The van der Waals surface area contributed by atoms with Crippen LogP contribution in [0.15, 0.2) is 47.7 Å². The molecule has 3 N–H and O–H groups in total. The van der Waals surface area contributed by atoms with Crippen LogP contribution in [0.4, 0.5) is 5.69 Å². The Morgan fingerprint density at radius 2 is 2.00 bits per heavy atom. The van der Waals surface area contributed by atoms with Gasteiger partial charge in [-0.15, -0.1) is 6.58 Å². The van der Waals surface area contributed by atoms with Crippen molar-refractivity contribution in [2.45, 2.75) is 45.6 Å². The fourth-order valence-corrected chi connectivity index (χ4v) is 3.00. The third kappa shape index (κ3) is 3.35. The van der Waals surface area contributed by atoms with Gasteiger partial charge in [0.25, 0.3) is 11.8 Å². The van der Waals surface area contributed by atoms with Gasteiger partial charge in [0.15, 0.2) is 0 Å². The Morgan fingerprint density at radius 1 is 1.38 bits per heavy atom. The SMILES string of the molecule is C=C(C)CC1(C)NC(=O)C(C(=O)Nc2ccccc2C(C)C)=C1O. The molecule has 1 unspecified atom stereocenters. The number of hydrogen-bond donors (Lipinski definition) is 3. The zero-order valence-corrected chi connectivity index (χ0v) is 14.6. The minimum absolute atomic E-state index is 0.218. The Kier molecular flexibility index (Phi) is 4.83. The summed E-state index contributed by atoms with van der Waals surface area (Å²) >= 11 is 0. The minimum Gasteiger partial charge on any atom is -0.509 e. The molecule has 128 valence electrons. The largest absolute Gasteiger partial charge is 0.509 e. The van der Waals surface area contributed by atoms with Crippen LogP contribution >= 0.6 is 0 Å². The summed E-state index contributed by atoms with van der Waals surface area (Å²) in [7, 11) is 0. The summed E-state index contributed by atoms with van der Waals surface area (Å²) in [6.45, 7) is 11.3. The van der Waals surface area contributed by atoms with E-state index < -0.39 is 17.4 Å². The molecule has 1 aliphatic heterocycles. The monoisotopic (exact) mass is 328 g/mol. The van der Waals surface area contributed by atoms with Gasteiger partial charge in [0, 0.05) is 5.69 Å². The van der Waals surface area contributed by atoms with E-state index in [2.05, 4.69) is 17.2 Å². The maximum absolute atomic E-state index is 12.6. The molecular weight excluding hydrogens is 304 g/mol. The number of carbonyl (C=O) groups excluding carboxylic acids is 2. The Balaban J connectivity index is 2.33. The summed E-state index contributed by atoms with van der Waals surface area (Å²) in [6, 6.07) is 7.42. The van der Waals surface area contributed by atoms with Crippen molar-refractivity contribution < 1.29 is 14.7 Å². The average Bonchev–Trinajstić information content (AvgIpc) is 2.67. The van der Waals surface area contributed by atoms with Gasteiger partial charge in [-0.05, 0) is 37.8 Å². The highest BCUT2D eigenvalue weighted by Crippen LogP contribution is 2.31. The van der Waals surface area contributed by atoms with Crippen LogP contribution in [0.3, 0.4) is 0 Å². The van der Waals surface area contributed by atoms with E-state index in [1.807, 2.05) is 39.0 Å². The highest BCUT2D eigenvalue weighted by molar-refractivity contribution is 6.25. The first-order chi connectivity index (χ1) is 11.2. The molecule has 0 radical (unpaired) electrons. The van der Waals surface area contributed by atoms with E-state index in [-0.39, 0.29) is 17.3 Å². The standard InChI is InChI=1S/C19H24N2O3/c1-11(2)10-19(5)16(22)15(18(24)21-19)17(23)20-14-9-7-6-8-13(14)12(3)4/h6-9,12,22H,1,10H2,2-5H3,(H,20,23)(H,21,24). The minimum atomic E-state index is -0.993. The number of aliphatic hydroxyl groups is 1. The van der Waals surface area contributed by atoms with Crippen LogP contribution in [0.25, 0.3) is 0 Å². The van der Waals surface area contributed by atoms with Gasteiger partial charge in [0.2, 0.25) is 0 Å². The highest BCUT2D eigenvalue weighted by atomic mass is 16.3. The number of amides is 2. The van der Waals surface area contributed by atoms with E-state index in [4.69, 9.17) is 0 Å². The van der Waals surface area contributed by atoms with Gasteiger partial charge in [-0.1, -0.05) is 37.6 Å². The normalized spacial score (nSPS) is 20.3. The third-order valence-corrected chi connectivity index (χ3v) is 4.09. The van der Waals surface area contributed by atoms with Crippen molar-refractivity contribution in [2.24, 2.45) is 0 Å². The fourth-order valence-electron chi connectivity index (χ4n) is 3.00. The second-order valence-electron chi connectivity index (χ2n) is 6.84. The second-order valence-corrected chi connectivity index (χ2v) is 6.84. The van der Waals surface area contributed by atoms with Crippen LogP contribution in [-0.4, -0.2) is 22.5 Å². The number of carbonyl (C=O) groups is 2. The molecule has 0 fully saturated rings. The Bertz CT molecular complexity index is 734. The zero-order valence-electron chi connectivity index (χ0n) is 14.6. The lowest BCUT2D eigenvalue weighted by Crippen LogP contribution is -2.41. The molecule has 5 heteroatoms. The number of rotatable bonds is 5. The molecule has 1 atom stereocenters. The molecule has 2 amide bonds. The molecule has 1 aliphatic rings. The maximum Gasteiger partial charge on any atom is 0.264 e. The van der Waals surface area contributed by atoms with Crippen molar-refractivity contribution >= 4 is 17.5 Å². The first kappa shape index (κ1) is 17.8. The lowest BCUT2D eigenvalue weighted by molar-refractivity contribution is -0.121. The third-order valence-electron chi connectivity index (χ3n) is 4.09. The molecule has 0 saturated carbocycles. The van der Waals surface area contributed by atoms with Crippen molar-refractivity contribution in [3.8, 4) is 0 Å². The molecular formula is C19H24N2O3. The van der Waals surface area contributed by atoms with Crippen LogP contribution in [0.5, 0.6) is 0 Å². The van der Waals surface area contributed by atoms with Crippen LogP contribution < -0.4 is 10.6 Å². The van der Waals surface area contributed by atoms with E-state index in [0.717, 1.165) is 11.1 Å². The fraction of sp³-hybridized carbons (Fsp3) is 0.368. The number of hydrogen-bond acceptors (Lipinski definition) is 3. The first-order valence-electron chi connectivity index (χ1n) is 7.96. The molecule has 0 spiro atoms. The summed E-state index contributed by atoms with van der Waals surface area (Å²) in [5.41, 5.74) is 1.18. The predicted octanol–water partition coefficient (Wildman–Crippen LogP) is 3.42. The molecule has 5 nitrogen and oxygen atoms in total. The van der Waals surface area contributed by atoms with Crippen molar-refractivity contribution in [3.63, 3.8) is 0 Å². The highest BCUT2D eigenvalue weighted by Gasteiger charge is 2.44. The molecule has 2 rings (SSSR count). The number of nitrogens with one attached hydrogen (secondary N) is 2. The van der Waals surface area contributed by atoms with Gasteiger partial charge in [0.05, 0.1) is 5.54 Å². The molecule has 0 saturated heterocycles. The summed E-state index contributed by atoms with van der Waals surface area (Å²) in [6.07, 6.45) is 0.365. The van der Waals surface area contributed by atoms with Gasteiger partial charge in [-0.2, -0.15) is 0 Å². The lowest BCUT2D eigenvalue weighted by atomic mass is 9.92. The summed E-state index contributed by atoms with van der Waals surface area (Å²) < 4.78 is 0.